The van der Waals surface area contributed by atoms with Crippen LogP contribution in [-0.2, 0) is 9.59 Å². The minimum Gasteiger partial charge on any atom is -0.481 e. The Hall–Kier alpha value is -3.00. The Morgan fingerprint density at radius 3 is 2.21 bits per heavy atom. The molecule has 8 heteroatoms. The summed E-state index contributed by atoms with van der Waals surface area (Å²) in [4.78, 5) is 36.9. The van der Waals surface area contributed by atoms with Gasteiger partial charge in [-0.3, -0.25) is 14.5 Å². The predicted molar refractivity (Wildman–Crippen MR) is 130 cm³/mol. The van der Waals surface area contributed by atoms with E-state index in [0.29, 0.717) is 37.0 Å². The van der Waals surface area contributed by atoms with Crippen molar-refractivity contribution >= 4 is 11.7 Å². The molecular formula is C26H36N4O4. The Kier molecular flexibility index (Phi) is 8.25. The fourth-order valence-corrected chi connectivity index (χ4v) is 4.00. The van der Waals surface area contributed by atoms with E-state index < -0.39 is 6.04 Å². The molecule has 8 nitrogen and oxygen atoms in total. The van der Waals surface area contributed by atoms with Crippen LogP contribution in [0.4, 0.5) is 0 Å². The number of carbonyl (C=O) groups is 2. The summed E-state index contributed by atoms with van der Waals surface area (Å²) in [5.41, 5.74) is 1.58. The van der Waals surface area contributed by atoms with E-state index in [1.165, 1.54) is 14.2 Å². The normalized spacial score (nSPS) is 16.1. The lowest BCUT2D eigenvalue weighted by atomic mass is 9.89. The third-order valence-electron chi connectivity index (χ3n) is 6.32. The van der Waals surface area contributed by atoms with Crippen LogP contribution < -0.4 is 14.8 Å². The molecular weight excluding hydrogens is 432 g/mol. The van der Waals surface area contributed by atoms with Crippen molar-refractivity contribution in [3.8, 4) is 11.8 Å². The first-order chi connectivity index (χ1) is 16.1. The fraction of sp³-hybridized carbons (Fsp3) is 0.538. The van der Waals surface area contributed by atoms with E-state index in [-0.39, 0.29) is 23.0 Å². The van der Waals surface area contributed by atoms with Gasteiger partial charge in [-0.15, -0.1) is 0 Å². The van der Waals surface area contributed by atoms with Gasteiger partial charge in [-0.1, -0.05) is 45.0 Å². The number of ketones is 1. The van der Waals surface area contributed by atoms with Gasteiger partial charge in [-0.2, -0.15) is 9.97 Å². The van der Waals surface area contributed by atoms with Gasteiger partial charge in [0, 0.05) is 11.3 Å². The van der Waals surface area contributed by atoms with Crippen LogP contribution in [0, 0.1) is 18.3 Å². The Bertz CT molecular complexity index is 988. The number of hydrogen-bond donors (Lipinski definition) is 1. The maximum atomic E-state index is 13.3. The second-order valence-corrected chi connectivity index (χ2v) is 9.83. The van der Waals surface area contributed by atoms with Gasteiger partial charge in [-0.25, -0.2) is 0 Å². The fourth-order valence-electron chi connectivity index (χ4n) is 4.00. The molecule has 1 aromatic heterocycles. The molecule has 1 atom stereocenters. The molecule has 1 saturated heterocycles. The molecule has 34 heavy (non-hydrogen) atoms. The lowest BCUT2D eigenvalue weighted by Gasteiger charge is -2.33. The predicted octanol–water partition coefficient (Wildman–Crippen LogP) is 3.34. The molecule has 0 radical (unpaired) electrons. The van der Waals surface area contributed by atoms with Crippen molar-refractivity contribution in [1.82, 2.24) is 20.2 Å². The maximum absolute atomic E-state index is 13.3. The zero-order valence-electron chi connectivity index (χ0n) is 21.1. The summed E-state index contributed by atoms with van der Waals surface area (Å²) in [7, 11) is 3.07. The number of methoxy groups -OCH3 is 2. The van der Waals surface area contributed by atoms with Crippen LogP contribution in [0.2, 0.25) is 0 Å². The standard InChI is InChI=1S/C26H36N4O4/c1-17-9-7-8-10-19(17)23(24-27-21(33-5)15-22(28-24)34-6)29-25(32)18-11-13-30(14-12-18)16-20(31)26(2,3)4/h7-10,15,18,23H,11-14,16H2,1-6H3,(H,29,32). The minimum atomic E-state index is -0.543. The summed E-state index contributed by atoms with van der Waals surface area (Å²) in [6.07, 6.45) is 1.40. The average Bonchev–Trinajstić information content (AvgIpc) is 2.82. The Labute approximate surface area is 202 Å². The first-order valence-electron chi connectivity index (χ1n) is 11.7. The summed E-state index contributed by atoms with van der Waals surface area (Å²) < 4.78 is 10.7. The Balaban J connectivity index is 1.77. The average molecular weight is 469 g/mol. The number of Topliss-reactive ketones (excluding diaryl/α,β-unsaturated/α-hetero) is 1. The molecule has 0 saturated carbocycles. The van der Waals surface area contributed by atoms with E-state index in [0.717, 1.165) is 24.2 Å². The van der Waals surface area contributed by atoms with E-state index >= 15 is 0 Å². The van der Waals surface area contributed by atoms with Crippen LogP contribution in [0.3, 0.4) is 0 Å². The zero-order valence-corrected chi connectivity index (χ0v) is 21.1. The Morgan fingerprint density at radius 1 is 1.09 bits per heavy atom. The molecule has 0 spiro atoms. The number of aryl methyl sites for hydroxylation is 1. The molecule has 1 unspecified atom stereocenters. The van der Waals surface area contributed by atoms with Crippen molar-refractivity contribution in [3.63, 3.8) is 0 Å². The summed E-state index contributed by atoms with van der Waals surface area (Å²) in [5.74, 6) is 1.18. The summed E-state index contributed by atoms with van der Waals surface area (Å²) in [6, 6.07) is 8.92. The van der Waals surface area contributed by atoms with E-state index in [4.69, 9.17) is 9.47 Å². The van der Waals surface area contributed by atoms with E-state index in [1.807, 2.05) is 52.0 Å². The summed E-state index contributed by atoms with van der Waals surface area (Å²) >= 11 is 0. The number of nitrogens with one attached hydrogen (secondary N) is 1. The lowest BCUT2D eigenvalue weighted by molar-refractivity contribution is -0.129. The molecule has 2 heterocycles. The van der Waals surface area contributed by atoms with Crippen molar-refractivity contribution in [2.45, 2.75) is 46.6 Å². The van der Waals surface area contributed by atoms with Gasteiger partial charge in [0.15, 0.2) is 11.6 Å². The van der Waals surface area contributed by atoms with Crippen molar-refractivity contribution in [3.05, 3.63) is 47.3 Å². The number of rotatable bonds is 8. The lowest BCUT2D eigenvalue weighted by Crippen LogP contribution is -2.44. The highest BCUT2D eigenvalue weighted by Crippen LogP contribution is 2.28. The van der Waals surface area contributed by atoms with Crippen LogP contribution in [-0.4, -0.2) is 60.4 Å². The van der Waals surface area contributed by atoms with E-state index in [2.05, 4.69) is 20.2 Å². The SMILES string of the molecule is COc1cc(OC)nc(C(NC(=O)C2CCN(CC(=O)C(C)(C)C)CC2)c2ccccc2C)n1. The number of amides is 1. The van der Waals surface area contributed by atoms with Crippen LogP contribution in [0.1, 0.15) is 56.6 Å². The maximum Gasteiger partial charge on any atom is 0.224 e. The number of nitrogens with zero attached hydrogens (tertiary/aromatic N) is 3. The minimum absolute atomic E-state index is 0.0413. The van der Waals surface area contributed by atoms with Gasteiger partial charge in [0.05, 0.1) is 26.8 Å². The highest BCUT2D eigenvalue weighted by Gasteiger charge is 2.31. The third kappa shape index (κ3) is 6.32. The molecule has 1 amide bonds. The molecule has 1 aliphatic rings. The van der Waals surface area contributed by atoms with E-state index in [9.17, 15) is 9.59 Å². The number of piperidine rings is 1. The van der Waals surface area contributed by atoms with Crippen LogP contribution in [0.5, 0.6) is 11.8 Å². The third-order valence-corrected chi connectivity index (χ3v) is 6.32. The number of aromatic nitrogens is 2. The van der Waals surface area contributed by atoms with Crippen LogP contribution >= 0.6 is 0 Å². The second kappa shape index (κ2) is 11.0. The van der Waals surface area contributed by atoms with Crippen LogP contribution in [0.15, 0.2) is 30.3 Å². The number of ether oxygens (including phenoxy) is 2. The van der Waals surface area contributed by atoms with Crippen molar-refractivity contribution in [2.75, 3.05) is 33.9 Å². The van der Waals surface area contributed by atoms with Crippen LogP contribution in [0.25, 0.3) is 0 Å². The first-order valence-corrected chi connectivity index (χ1v) is 11.7. The topological polar surface area (TPSA) is 93.7 Å². The molecule has 2 aromatic rings. The number of benzene rings is 1. The van der Waals surface area contributed by atoms with Crippen molar-refractivity contribution in [1.29, 1.82) is 0 Å². The smallest absolute Gasteiger partial charge is 0.224 e. The quantitative estimate of drug-likeness (QED) is 0.635. The highest BCUT2D eigenvalue weighted by molar-refractivity contribution is 5.85. The molecule has 1 aliphatic heterocycles. The molecule has 0 aliphatic carbocycles. The molecule has 1 aromatic carbocycles. The molecule has 3 rings (SSSR count). The molecule has 184 valence electrons. The van der Waals surface area contributed by atoms with Gasteiger partial charge >= 0.3 is 0 Å². The summed E-state index contributed by atoms with van der Waals surface area (Å²) in [5, 5.41) is 3.18. The van der Waals surface area contributed by atoms with Gasteiger partial charge in [0.25, 0.3) is 0 Å². The highest BCUT2D eigenvalue weighted by atomic mass is 16.5. The van der Waals surface area contributed by atoms with Gasteiger partial charge < -0.3 is 14.8 Å². The molecule has 0 bridgehead atoms. The van der Waals surface area contributed by atoms with Crippen molar-refractivity contribution < 1.29 is 19.1 Å². The van der Waals surface area contributed by atoms with Crippen molar-refractivity contribution in [2.24, 2.45) is 11.3 Å². The molecule has 1 fully saturated rings. The van der Waals surface area contributed by atoms with Gasteiger partial charge in [0.2, 0.25) is 17.7 Å². The number of carbonyl (C=O) groups excluding carboxylic acids is 2. The number of likely N-dealkylation sites (tertiary alicyclic amines) is 1. The molecule has 1 N–H and O–H groups in total. The van der Waals surface area contributed by atoms with Gasteiger partial charge in [-0.05, 0) is 44.0 Å². The zero-order chi connectivity index (χ0) is 24.9. The second-order valence-electron chi connectivity index (χ2n) is 9.83. The number of hydrogen-bond acceptors (Lipinski definition) is 7. The Morgan fingerprint density at radius 2 is 1.68 bits per heavy atom. The van der Waals surface area contributed by atoms with E-state index in [1.54, 1.807) is 6.07 Å². The monoisotopic (exact) mass is 468 g/mol. The largest absolute Gasteiger partial charge is 0.481 e. The summed E-state index contributed by atoms with van der Waals surface area (Å²) in [6.45, 7) is 9.69. The first kappa shape index (κ1) is 25.6. The van der Waals surface area contributed by atoms with Gasteiger partial charge in [0.1, 0.15) is 6.04 Å².